The Balaban J connectivity index is 1.83. The minimum atomic E-state index is -3.55. The summed E-state index contributed by atoms with van der Waals surface area (Å²) >= 11 is 1.40. The van der Waals surface area contributed by atoms with Gasteiger partial charge in [-0.05, 0) is 52.2 Å². The van der Waals surface area contributed by atoms with Gasteiger partial charge in [-0.15, -0.1) is 0 Å². The molecule has 0 aliphatic rings. The molecule has 0 aliphatic heterocycles. The molecule has 172 valence electrons. The van der Waals surface area contributed by atoms with Gasteiger partial charge in [-0.2, -0.15) is 0 Å². The summed E-state index contributed by atoms with van der Waals surface area (Å²) in [6.07, 6.45) is -0.113. The van der Waals surface area contributed by atoms with Gasteiger partial charge in [-0.1, -0.05) is 35.1 Å². The molecule has 9 heteroatoms. The number of thiazole rings is 1. The van der Waals surface area contributed by atoms with Crippen molar-refractivity contribution >= 4 is 42.4 Å². The molecule has 2 aromatic carbocycles. The second kappa shape index (κ2) is 10.4. The molecule has 32 heavy (non-hydrogen) atoms. The highest BCUT2D eigenvalue weighted by molar-refractivity contribution is 7.91. The van der Waals surface area contributed by atoms with E-state index in [1.165, 1.54) is 11.3 Å². The fourth-order valence-corrected chi connectivity index (χ4v) is 5.40. The number of hydrogen-bond acceptors (Lipinski definition) is 7. The van der Waals surface area contributed by atoms with E-state index in [1.807, 2.05) is 51.0 Å². The monoisotopic (exact) mass is 475 g/mol. The van der Waals surface area contributed by atoms with Crippen LogP contribution in [0.4, 0.5) is 5.13 Å². The number of rotatable bonds is 10. The topological polar surface area (TPSA) is 79.8 Å². The van der Waals surface area contributed by atoms with Crippen molar-refractivity contribution in [2.24, 2.45) is 0 Å². The number of carbonyl (C=O) groups is 1. The first-order chi connectivity index (χ1) is 15.2. The quantitative estimate of drug-likeness (QED) is 0.444. The zero-order valence-corrected chi connectivity index (χ0v) is 20.5. The Morgan fingerprint density at radius 2 is 1.81 bits per heavy atom. The number of para-hydroxylation sites is 1. The highest BCUT2D eigenvalue weighted by Gasteiger charge is 2.24. The number of ether oxygens (including phenoxy) is 1. The number of carbonyl (C=O) groups excluding carboxylic acids is 1. The molecule has 7 nitrogen and oxygen atoms in total. The first-order valence-corrected chi connectivity index (χ1v) is 12.9. The highest BCUT2D eigenvalue weighted by Crippen LogP contribution is 2.34. The molecule has 0 spiro atoms. The standard InChI is InChI=1S/C23H29N3O4S2/c1-5-30-19-7-6-8-20-22(19)24-23(31-20)26(15-14-25(3)4)21(27)13-16-32(28,29)18-11-9-17(2)10-12-18/h6-12H,5,13-16H2,1-4H3. The Morgan fingerprint density at radius 3 is 2.47 bits per heavy atom. The Hall–Kier alpha value is -2.49. The number of aromatic nitrogens is 1. The second-order valence-corrected chi connectivity index (χ2v) is 10.9. The molecular formula is C23H29N3O4S2. The Morgan fingerprint density at radius 1 is 1.09 bits per heavy atom. The summed E-state index contributed by atoms with van der Waals surface area (Å²) in [5.74, 6) is 0.164. The maximum absolute atomic E-state index is 13.2. The number of likely N-dealkylation sites (N-methyl/N-ethyl adjacent to an activating group) is 1. The zero-order chi connectivity index (χ0) is 23.3. The average molecular weight is 476 g/mol. The summed E-state index contributed by atoms with van der Waals surface area (Å²) in [5, 5.41) is 0.548. The molecule has 0 saturated carbocycles. The van der Waals surface area contributed by atoms with Crippen LogP contribution in [-0.2, 0) is 14.6 Å². The molecule has 3 aromatic rings. The van der Waals surface area contributed by atoms with E-state index in [0.717, 1.165) is 10.3 Å². The molecule has 0 N–H and O–H groups in total. The zero-order valence-electron chi connectivity index (χ0n) is 18.9. The molecule has 0 radical (unpaired) electrons. The van der Waals surface area contributed by atoms with Crippen LogP contribution in [0, 0.1) is 6.92 Å². The Labute approximate surface area is 193 Å². The first kappa shape index (κ1) is 24.2. The van der Waals surface area contributed by atoms with E-state index in [9.17, 15) is 13.2 Å². The van der Waals surface area contributed by atoms with Gasteiger partial charge in [0.15, 0.2) is 15.0 Å². The van der Waals surface area contributed by atoms with E-state index in [-0.39, 0.29) is 23.0 Å². The van der Waals surface area contributed by atoms with E-state index in [1.54, 1.807) is 29.2 Å². The number of nitrogens with zero attached hydrogens (tertiary/aromatic N) is 3. The van der Waals surface area contributed by atoms with Crippen molar-refractivity contribution in [1.82, 2.24) is 9.88 Å². The summed E-state index contributed by atoms with van der Waals surface area (Å²) in [4.78, 5) is 21.6. The number of sulfone groups is 1. The van der Waals surface area contributed by atoms with E-state index >= 15 is 0 Å². The fraction of sp³-hybridized carbons (Fsp3) is 0.391. The lowest BCUT2D eigenvalue weighted by Gasteiger charge is -2.22. The third-order valence-electron chi connectivity index (χ3n) is 4.94. The normalized spacial score (nSPS) is 11.8. The van der Waals surface area contributed by atoms with Crippen molar-refractivity contribution in [3.63, 3.8) is 0 Å². The molecule has 3 rings (SSSR count). The van der Waals surface area contributed by atoms with Crippen LogP contribution in [-0.4, -0.2) is 63.8 Å². The van der Waals surface area contributed by atoms with Gasteiger partial charge < -0.3 is 9.64 Å². The van der Waals surface area contributed by atoms with Gasteiger partial charge >= 0.3 is 0 Å². The predicted octanol–water partition coefficient (Wildman–Crippen LogP) is 3.76. The molecule has 0 aliphatic carbocycles. The predicted molar refractivity (Wildman–Crippen MR) is 130 cm³/mol. The van der Waals surface area contributed by atoms with Crippen LogP contribution in [0.3, 0.4) is 0 Å². The summed E-state index contributed by atoms with van der Waals surface area (Å²) < 4.78 is 32.0. The lowest BCUT2D eigenvalue weighted by atomic mass is 10.2. The van der Waals surface area contributed by atoms with Crippen molar-refractivity contribution < 1.29 is 17.9 Å². The molecule has 0 fully saturated rings. The molecule has 0 unspecified atom stereocenters. The second-order valence-electron chi connectivity index (χ2n) is 7.76. The van der Waals surface area contributed by atoms with Gasteiger partial charge in [0.1, 0.15) is 11.3 Å². The molecule has 0 saturated heterocycles. The van der Waals surface area contributed by atoms with Gasteiger partial charge in [0.2, 0.25) is 5.91 Å². The van der Waals surface area contributed by atoms with Crippen molar-refractivity contribution in [1.29, 1.82) is 0 Å². The Kier molecular flexibility index (Phi) is 7.86. The van der Waals surface area contributed by atoms with Crippen LogP contribution in [0.2, 0.25) is 0 Å². The lowest BCUT2D eigenvalue weighted by Crippen LogP contribution is -2.37. The number of aryl methyl sites for hydroxylation is 1. The number of anilines is 1. The minimum absolute atomic E-state index is 0.113. The smallest absolute Gasteiger partial charge is 0.229 e. The van der Waals surface area contributed by atoms with Gasteiger partial charge in [0, 0.05) is 19.5 Å². The van der Waals surface area contributed by atoms with Gasteiger partial charge in [-0.3, -0.25) is 9.69 Å². The van der Waals surface area contributed by atoms with Gasteiger partial charge in [0.25, 0.3) is 0 Å². The highest BCUT2D eigenvalue weighted by atomic mass is 32.2. The summed E-state index contributed by atoms with van der Waals surface area (Å²) in [6, 6.07) is 12.4. The third-order valence-corrected chi connectivity index (χ3v) is 7.71. The number of benzene rings is 2. The number of amides is 1. The third kappa shape index (κ3) is 5.85. The first-order valence-electron chi connectivity index (χ1n) is 10.5. The maximum Gasteiger partial charge on any atom is 0.229 e. The van der Waals surface area contributed by atoms with E-state index < -0.39 is 9.84 Å². The number of fused-ring (bicyclic) bond motifs is 1. The van der Waals surface area contributed by atoms with Crippen LogP contribution < -0.4 is 9.64 Å². The summed E-state index contributed by atoms with van der Waals surface area (Å²) in [5.41, 5.74) is 1.70. The SMILES string of the molecule is CCOc1cccc2sc(N(CCN(C)C)C(=O)CCS(=O)(=O)c3ccc(C)cc3)nc12. The van der Waals surface area contributed by atoms with Crippen molar-refractivity contribution in [3.8, 4) is 5.75 Å². The summed E-state index contributed by atoms with van der Waals surface area (Å²) in [6.45, 7) is 5.38. The fourth-order valence-electron chi connectivity index (χ4n) is 3.15. The van der Waals surface area contributed by atoms with Crippen LogP contribution in [0.15, 0.2) is 47.4 Å². The van der Waals surface area contributed by atoms with Gasteiger partial charge in [0.05, 0.1) is 22.0 Å². The van der Waals surface area contributed by atoms with Crippen LogP contribution in [0.25, 0.3) is 10.2 Å². The van der Waals surface area contributed by atoms with E-state index in [2.05, 4.69) is 4.98 Å². The minimum Gasteiger partial charge on any atom is -0.492 e. The molecule has 1 heterocycles. The number of hydrogen-bond donors (Lipinski definition) is 0. The van der Waals surface area contributed by atoms with Crippen molar-refractivity contribution in [2.45, 2.75) is 25.2 Å². The molecular weight excluding hydrogens is 446 g/mol. The van der Waals surface area contributed by atoms with Crippen molar-refractivity contribution in [3.05, 3.63) is 48.0 Å². The van der Waals surface area contributed by atoms with Crippen LogP contribution >= 0.6 is 11.3 Å². The molecule has 0 atom stereocenters. The van der Waals surface area contributed by atoms with E-state index in [0.29, 0.717) is 36.1 Å². The maximum atomic E-state index is 13.2. The molecule has 1 aromatic heterocycles. The molecule has 1 amide bonds. The largest absolute Gasteiger partial charge is 0.492 e. The summed E-state index contributed by atoms with van der Waals surface area (Å²) in [7, 11) is 0.301. The van der Waals surface area contributed by atoms with Crippen LogP contribution in [0.5, 0.6) is 5.75 Å². The van der Waals surface area contributed by atoms with Crippen LogP contribution in [0.1, 0.15) is 18.9 Å². The van der Waals surface area contributed by atoms with E-state index in [4.69, 9.17) is 4.74 Å². The molecule has 0 bridgehead atoms. The van der Waals surface area contributed by atoms with Gasteiger partial charge in [-0.25, -0.2) is 13.4 Å². The lowest BCUT2D eigenvalue weighted by molar-refractivity contribution is -0.118. The average Bonchev–Trinajstić information content (AvgIpc) is 3.18. The Bertz CT molecular complexity index is 1170. The van der Waals surface area contributed by atoms with Crippen molar-refractivity contribution in [2.75, 3.05) is 44.4 Å².